The Morgan fingerprint density at radius 1 is 1.14 bits per heavy atom. The molecule has 0 atom stereocenters. The van der Waals surface area contributed by atoms with Gasteiger partial charge in [-0.25, -0.2) is 0 Å². The maximum atomic E-state index is 12.6. The maximum Gasteiger partial charge on any atom is 0.220 e. The lowest BCUT2D eigenvalue weighted by Gasteiger charge is -2.38. The number of methoxy groups -OCH3 is 1. The molecule has 5 nitrogen and oxygen atoms in total. The summed E-state index contributed by atoms with van der Waals surface area (Å²) in [4.78, 5) is 15.9. The van der Waals surface area contributed by atoms with Gasteiger partial charge in [0.2, 0.25) is 5.91 Å². The Hall–Kier alpha value is -2.79. The van der Waals surface area contributed by atoms with Gasteiger partial charge < -0.3 is 19.8 Å². The standard InChI is InChI=1S/C24H28N2O3/c1-28-20-9-7-19(8-10-20)24(12-14-29-15-13-24)17-26-23(27)11-6-18-16-25-22-5-3-2-4-21(18)22/h2-5,7-10,16,25H,6,11-15,17H2,1H3,(H,26,27). The summed E-state index contributed by atoms with van der Waals surface area (Å²) in [5, 5.41) is 4.39. The van der Waals surface area contributed by atoms with Gasteiger partial charge in [0.1, 0.15) is 5.75 Å². The molecule has 2 N–H and O–H groups in total. The summed E-state index contributed by atoms with van der Waals surface area (Å²) >= 11 is 0. The number of aromatic nitrogens is 1. The number of carbonyl (C=O) groups excluding carboxylic acids is 1. The van der Waals surface area contributed by atoms with Crippen LogP contribution in [0.1, 0.15) is 30.4 Å². The van der Waals surface area contributed by atoms with Crippen molar-refractivity contribution in [1.82, 2.24) is 10.3 Å². The van der Waals surface area contributed by atoms with Crippen LogP contribution in [0, 0.1) is 0 Å². The predicted molar refractivity (Wildman–Crippen MR) is 114 cm³/mol. The Kier molecular flexibility index (Phi) is 5.86. The van der Waals surface area contributed by atoms with Gasteiger partial charge in [0.05, 0.1) is 7.11 Å². The highest BCUT2D eigenvalue weighted by atomic mass is 16.5. The molecule has 0 saturated carbocycles. The van der Waals surface area contributed by atoms with E-state index in [0.717, 1.165) is 43.7 Å². The zero-order valence-electron chi connectivity index (χ0n) is 16.9. The normalized spacial score (nSPS) is 15.9. The number of benzene rings is 2. The van der Waals surface area contributed by atoms with Crippen LogP contribution in [0.2, 0.25) is 0 Å². The number of para-hydroxylation sites is 1. The van der Waals surface area contributed by atoms with Crippen molar-refractivity contribution in [1.29, 1.82) is 0 Å². The Morgan fingerprint density at radius 3 is 2.66 bits per heavy atom. The minimum atomic E-state index is -0.0824. The fourth-order valence-corrected chi connectivity index (χ4v) is 4.22. The largest absolute Gasteiger partial charge is 0.497 e. The number of amides is 1. The van der Waals surface area contributed by atoms with Crippen molar-refractivity contribution in [3.8, 4) is 5.75 Å². The highest BCUT2D eigenvalue weighted by Crippen LogP contribution is 2.35. The van der Waals surface area contributed by atoms with Gasteiger partial charge in [0.25, 0.3) is 0 Å². The summed E-state index contributed by atoms with van der Waals surface area (Å²) in [6, 6.07) is 16.4. The van der Waals surface area contributed by atoms with Crippen molar-refractivity contribution in [3.63, 3.8) is 0 Å². The SMILES string of the molecule is COc1ccc(C2(CNC(=O)CCc3c[nH]c4ccccc34)CCOCC2)cc1. The first-order valence-electron chi connectivity index (χ1n) is 10.2. The Morgan fingerprint density at radius 2 is 1.90 bits per heavy atom. The smallest absolute Gasteiger partial charge is 0.220 e. The molecule has 1 aliphatic heterocycles. The van der Waals surface area contributed by atoms with E-state index >= 15 is 0 Å². The number of nitrogens with one attached hydrogen (secondary N) is 2. The molecule has 2 aromatic carbocycles. The van der Waals surface area contributed by atoms with Crippen LogP contribution in [0.4, 0.5) is 0 Å². The third kappa shape index (κ3) is 4.30. The van der Waals surface area contributed by atoms with Crippen LogP contribution in [0.5, 0.6) is 5.75 Å². The van der Waals surface area contributed by atoms with Gasteiger partial charge in [-0.1, -0.05) is 30.3 Å². The molecule has 4 rings (SSSR count). The minimum Gasteiger partial charge on any atom is -0.497 e. The van der Waals surface area contributed by atoms with E-state index in [0.29, 0.717) is 13.0 Å². The summed E-state index contributed by atoms with van der Waals surface area (Å²) in [7, 11) is 1.67. The molecule has 1 fully saturated rings. The Balaban J connectivity index is 1.39. The van der Waals surface area contributed by atoms with Crippen LogP contribution in [0.15, 0.2) is 54.7 Å². The first-order chi connectivity index (χ1) is 14.2. The second kappa shape index (κ2) is 8.70. The van der Waals surface area contributed by atoms with E-state index in [-0.39, 0.29) is 11.3 Å². The van der Waals surface area contributed by atoms with Gasteiger partial charge in [-0.3, -0.25) is 4.79 Å². The third-order valence-electron chi connectivity index (χ3n) is 6.07. The molecule has 152 valence electrons. The predicted octanol–water partition coefficient (Wildman–Crippen LogP) is 3.97. The molecule has 0 radical (unpaired) electrons. The number of H-pyrrole nitrogens is 1. The van der Waals surface area contributed by atoms with E-state index in [1.54, 1.807) is 7.11 Å². The van der Waals surface area contributed by atoms with Gasteiger partial charge >= 0.3 is 0 Å². The van der Waals surface area contributed by atoms with E-state index in [2.05, 4.69) is 34.6 Å². The van der Waals surface area contributed by atoms with Crippen molar-refractivity contribution in [3.05, 3.63) is 65.9 Å². The van der Waals surface area contributed by atoms with E-state index in [1.807, 2.05) is 30.5 Å². The lowest BCUT2D eigenvalue weighted by Crippen LogP contribution is -2.44. The first-order valence-corrected chi connectivity index (χ1v) is 10.2. The zero-order valence-corrected chi connectivity index (χ0v) is 16.9. The second-order valence-corrected chi connectivity index (χ2v) is 7.76. The number of rotatable bonds is 7. The Bertz CT molecular complexity index is 956. The molecule has 2 heterocycles. The number of aryl methyl sites for hydroxylation is 1. The average molecular weight is 392 g/mol. The summed E-state index contributed by atoms with van der Waals surface area (Å²) in [5.41, 5.74) is 3.45. The first kappa shape index (κ1) is 19.5. The van der Waals surface area contributed by atoms with E-state index < -0.39 is 0 Å². The van der Waals surface area contributed by atoms with Crippen LogP contribution in [-0.4, -0.2) is 37.8 Å². The molecule has 29 heavy (non-hydrogen) atoms. The average Bonchev–Trinajstić information content (AvgIpc) is 3.20. The van der Waals surface area contributed by atoms with Crippen LogP contribution in [-0.2, 0) is 21.4 Å². The quantitative estimate of drug-likeness (QED) is 0.639. The highest BCUT2D eigenvalue weighted by Gasteiger charge is 2.34. The van der Waals surface area contributed by atoms with Crippen LogP contribution in [0.25, 0.3) is 10.9 Å². The summed E-state index contributed by atoms with van der Waals surface area (Å²) in [6.07, 6.45) is 5.03. The molecule has 0 unspecified atom stereocenters. The van der Waals surface area contributed by atoms with Crippen molar-refractivity contribution in [2.75, 3.05) is 26.9 Å². The lowest BCUT2D eigenvalue weighted by molar-refractivity contribution is -0.121. The summed E-state index contributed by atoms with van der Waals surface area (Å²) in [6.45, 7) is 2.07. The van der Waals surface area contributed by atoms with Crippen molar-refractivity contribution >= 4 is 16.8 Å². The fourth-order valence-electron chi connectivity index (χ4n) is 4.22. The van der Waals surface area contributed by atoms with Gasteiger partial charge in [-0.05, 0) is 48.6 Å². The van der Waals surface area contributed by atoms with Crippen LogP contribution >= 0.6 is 0 Å². The van der Waals surface area contributed by atoms with Crippen molar-refractivity contribution in [2.45, 2.75) is 31.1 Å². The fraction of sp³-hybridized carbons (Fsp3) is 0.375. The molecule has 1 aliphatic rings. The molecule has 5 heteroatoms. The molecule has 3 aromatic rings. The molecule has 1 aromatic heterocycles. The van der Waals surface area contributed by atoms with E-state index in [4.69, 9.17) is 9.47 Å². The van der Waals surface area contributed by atoms with Crippen LogP contribution < -0.4 is 10.1 Å². The van der Waals surface area contributed by atoms with Gasteiger partial charge in [-0.2, -0.15) is 0 Å². The van der Waals surface area contributed by atoms with Crippen molar-refractivity contribution < 1.29 is 14.3 Å². The Labute approximate surface area is 171 Å². The number of fused-ring (bicyclic) bond motifs is 1. The second-order valence-electron chi connectivity index (χ2n) is 7.76. The topological polar surface area (TPSA) is 63.3 Å². The molecular weight excluding hydrogens is 364 g/mol. The van der Waals surface area contributed by atoms with Gasteiger partial charge in [0, 0.05) is 48.7 Å². The number of hydrogen-bond acceptors (Lipinski definition) is 3. The number of aromatic amines is 1. The van der Waals surface area contributed by atoms with Crippen LogP contribution in [0.3, 0.4) is 0 Å². The minimum absolute atomic E-state index is 0.0824. The van der Waals surface area contributed by atoms with Crippen molar-refractivity contribution in [2.24, 2.45) is 0 Å². The molecule has 0 bridgehead atoms. The highest BCUT2D eigenvalue weighted by molar-refractivity contribution is 5.84. The number of hydrogen-bond donors (Lipinski definition) is 2. The van der Waals surface area contributed by atoms with Gasteiger partial charge in [-0.15, -0.1) is 0 Å². The summed E-state index contributed by atoms with van der Waals surface area (Å²) in [5.74, 6) is 0.938. The lowest BCUT2D eigenvalue weighted by atomic mass is 9.74. The molecule has 0 aliphatic carbocycles. The van der Waals surface area contributed by atoms with E-state index in [1.165, 1.54) is 16.5 Å². The monoisotopic (exact) mass is 392 g/mol. The van der Waals surface area contributed by atoms with Gasteiger partial charge in [0.15, 0.2) is 0 Å². The molecule has 1 saturated heterocycles. The molecular formula is C24H28N2O3. The summed E-state index contributed by atoms with van der Waals surface area (Å²) < 4.78 is 10.9. The zero-order chi connectivity index (χ0) is 20.1. The molecule has 0 spiro atoms. The number of carbonyl (C=O) groups is 1. The molecule has 1 amide bonds. The van der Waals surface area contributed by atoms with E-state index in [9.17, 15) is 4.79 Å². The third-order valence-corrected chi connectivity index (χ3v) is 6.07. The maximum absolute atomic E-state index is 12.6. The number of ether oxygens (including phenoxy) is 2.